The monoisotopic (exact) mass is 425 g/mol. The number of piperidine rings is 1. The van der Waals surface area contributed by atoms with E-state index in [1.54, 1.807) is 0 Å². The Kier molecular flexibility index (Phi) is 6.15. The Labute approximate surface area is 180 Å². The lowest BCUT2D eigenvalue weighted by Gasteiger charge is -2.35. The summed E-state index contributed by atoms with van der Waals surface area (Å²) < 4.78 is 14.4. The third-order valence-corrected chi connectivity index (χ3v) is 5.76. The molecule has 0 aromatic carbocycles. The molecule has 4 heterocycles. The van der Waals surface area contributed by atoms with Crippen molar-refractivity contribution in [3.63, 3.8) is 0 Å². The Bertz CT molecular complexity index is 1010. The first-order valence-electron chi connectivity index (χ1n) is 10.6. The highest BCUT2D eigenvalue weighted by atomic mass is 19.1. The van der Waals surface area contributed by atoms with Crippen molar-refractivity contribution in [1.82, 2.24) is 20.2 Å². The van der Waals surface area contributed by atoms with Gasteiger partial charge in [0.15, 0.2) is 17.9 Å². The summed E-state index contributed by atoms with van der Waals surface area (Å²) in [5.74, 6) is -0.558. The van der Waals surface area contributed by atoms with Crippen LogP contribution in [-0.2, 0) is 0 Å². The number of aromatic nitrogens is 2. The van der Waals surface area contributed by atoms with Crippen LogP contribution < -0.4 is 16.8 Å². The standard InChI is InChI=1S/C22H28FN7O/c1-2-9-30-10-6-13(7-11-30)16-12-17(29-22(25)28-16)20-18(31)4-3-15(27-20)14-5-8-26-21(24)19(14)23/h3-5,8,12-13,22,28,31H,2,6-7,9-11,25H2,1H3,(H2,24,26). The van der Waals surface area contributed by atoms with E-state index in [1.807, 2.05) is 6.08 Å². The van der Waals surface area contributed by atoms with Gasteiger partial charge in [0, 0.05) is 23.4 Å². The van der Waals surface area contributed by atoms with Crippen LogP contribution in [0.25, 0.3) is 11.3 Å². The molecule has 0 bridgehead atoms. The van der Waals surface area contributed by atoms with Crippen LogP contribution in [0.5, 0.6) is 5.75 Å². The second kappa shape index (κ2) is 8.99. The normalized spacial score (nSPS) is 20.2. The molecule has 1 unspecified atom stereocenters. The van der Waals surface area contributed by atoms with Crippen LogP contribution >= 0.6 is 0 Å². The Balaban J connectivity index is 1.63. The second-order valence-corrected chi connectivity index (χ2v) is 7.94. The first-order valence-corrected chi connectivity index (χ1v) is 10.6. The lowest BCUT2D eigenvalue weighted by Crippen LogP contribution is -2.43. The third kappa shape index (κ3) is 4.52. The van der Waals surface area contributed by atoms with Crippen LogP contribution in [0.2, 0.25) is 0 Å². The number of pyridine rings is 2. The van der Waals surface area contributed by atoms with Crippen molar-refractivity contribution in [3.05, 3.63) is 47.7 Å². The van der Waals surface area contributed by atoms with Crippen LogP contribution in [0.15, 0.2) is 41.2 Å². The molecule has 2 aliphatic rings. The van der Waals surface area contributed by atoms with E-state index in [-0.39, 0.29) is 22.8 Å². The molecule has 0 radical (unpaired) electrons. The van der Waals surface area contributed by atoms with Crippen LogP contribution in [0.1, 0.15) is 31.9 Å². The lowest BCUT2D eigenvalue weighted by atomic mass is 9.91. The highest BCUT2D eigenvalue weighted by molar-refractivity contribution is 6.10. The van der Waals surface area contributed by atoms with Gasteiger partial charge in [0.05, 0.1) is 11.4 Å². The Morgan fingerprint density at radius 3 is 2.77 bits per heavy atom. The van der Waals surface area contributed by atoms with E-state index >= 15 is 0 Å². The number of hydrogen-bond acceptors (Lipinski definition) is 8. The third-order valence-electron chi connectivity index (χ3n) is 5.76. The number of nitrogen functional groups attached to an aromatic ring is 1. The summed E-state index contributed by atoms with van der Waals surface area (Å²) in [6, 6.07) is 4.50. The fourth-order valence-electron chi connectivity index (χ4n) is 4.18. The van der Waals surface area contributed by atoms with Gasteiger partial charge in [0.25, 0.3) is 0 Å². The second-order valence-electron chi connectivity index (χ2n) is 7.94. The van der Waals surface area contributed by atoms with Crippen molar-refractivity contribution in [1.29, 1.82) is 0 Å². The number of allylic oxidation sites excluding steroid dienone is 2. The lowest BCUT2D eigenvalue weighted by molar-refractivity contribution is 0.194. The number of likely N-dealkylation sites (tertiary alicyclic amines) is 1. The van der Waals surface area contributed by atoms with Crippen molar-refractivity contribution in [2.45, 2.75) is 32.5 Å². The smallest absolute Gasteiger partial charge is 0.174 e. The van der Waals surface area contributed by atoms with E-state index in [9.17, 15) is 9.50 Å². The van der Waals surface area contributed by atoms with Gasteiger partial charge >= 0.3 is 0 Å². The van der Waals surface area contributed by atoms with E-state index in [4.69, 9.17) is 11.5 Å². The predicted octanol–water partition coefficient (Wildman–Crippen LogP) is 2.21. The average molecular weight is 426 g/mol. The number of nitrogens with two attached hydrogens (primary N) is 2. The summed E-state index contributed by atoms with van der Waals surface area (Å²) in [7, 11) is 0. The summed E-state index contributed by atoms with van der Waals surface area (Å²) in [5.41, 5.74) is 14.0. The topological polar surface area (TPSA) is 126 Å². The van der Waals surface area contributed by atoms with Crippen LogP contribution in [0.4, 0.5) is 10.2 Å². The van der Waals surface area contributed by atoms with E-state index in [0.29, 0.717) is 17.3 Å². The van der Waals surface area contributed by atoms with Gasteiger partial charge < -0.3 is 21.1 Å². The van der Waals surface area contributed by atoms with E-state index in [1.165, 1.54) is 24.4 Å². The van der Waals surface area contributed by atoms with E-state index in [0.717, 1.165) is 44.6 Å². The van der Waals surface area contributed by atoms with Crippen molar-refractivity contribution in [3.8, 4) is 17.0 Å². The zero-order valence-corrected chi connectivity index (χ0v) is 17.6. The molecule has 0 saturated carbocycles. The summed E-state index contributed by atoms with van der Waals surface area (Å²) in [5, 5.41) is 13.7. The largest absolute Gasteiger partial charge is 0.506 e. The molecule has 31 heavy (non-hydrogen) atoms. The van der Waals surface area contributed by atoms with Crippen LogP contribution in [-0.4, -0.2) is 51.6 Å². The molecule has 1 fully saturated rings. The molecule has 1 atom stereocenters. The quantitative estimate of drug-likeness (QED) is 0.579. The minimum atomic E-state index is -0.648. The Morgan fingerprint density at radius 2 is 2.03 bits per heavy atom. The summed E-state index contributed by atoms with van der Waals surface area (Å²) in [6.45, 7) is 5.40. The van der Waals surface area contributed by atoms with Gasteiger partial charge in [-0.15, -0.1) is 0 Å². The Morgan fingerprint density at radius 1 is 1.26 bits per heavy atom. The van der Waals surface area contributed by atoms with Gasteiger partial charge in [-0.2, -0.15) is 0 Å². The number of aliphatic imine (C=N–C) groups is 1. The van der Waals surface area contributed by atoms with Crippen molar-refractivity contribution < 1.29 is 9.50 Å². The number of anilines is 1. The zero-order chi connectivity index (χ0) is 22.0. The first-order chi connectivity index (χ1) is 15.0. The van der Waals surface area contributed by atoms with Gasteiger partial charge in [-0.05, 0) is 63.2 Å². The molecule has 0 amide bonds. The molecule has 2 aromatic rings. The number of nitrogens with one attached hydrogen (secondary N) is 1. The number of halogens is 1. The van der Waals surface area contributed by atoms with Gasteiger partial charge in [-0.25, -0.2) is 19.4 Å². The minimum absolute atomic E-state index is 0.0487. The van der Waals surface area contributed by atoms with Gasteiger partial charge in [-0.1, -0.05) is 6.92 Å². The molecule has 1 saturated heterocycles. The number of nitrogens with zero attached hydrogens (tertiary/aromatic N) is 4. The maximum absolute atomic E-state index is 14.4. The summed E-state index contributed by atoms with van der Waals surface area (Å²) in [4.78, 5) is 15.1. The molecule has 9 heteroatoms. The fourth-order valence-corrected chi connectivity index (χ4v) is 4.18. The highest BCUT2D eigenvalue weighted by Crippen LogP contribution is 2.29. The molecule has 0 aliphatic carbocycles. The summed E-state index contributed by atoms with van der Waals surface area (Å²) >= 11 is 0. The molecule has 0 spiro atoms. The molecule has 6 N–H and O–H groups in total. The van der Waals surface area contributed by atoms with Gasteiger partial charge in [-0.3, -0.25) is 5.73 Å². The number of rotatable bonds is 5. The van der Waals surface area contributed by atoms with Gasteiger partial charge in [0.2, 0.25) is 0 Å². The minimum Gasteiger partial charge on any atom is -0.506 e. The first kappa shape index (κ1) is 21.2. The van der Waals surface area contributed by atoms with E-state index in [2.05, 4.69) is 32.1 Å². The molecule has 8 nitrogen and oxygen atoms in total. The molecular weight excluding hydrogens is 397 g/mol. The fraction of sp³-hybridized carbons (Fsp3) is 0.409. The molecule has 4 rings (SSSR count). The van der Waals surface area contributed by atoms with Crippen LogP contribution in [0.3, 0.4) is 0 Å². The number of aromatic hydroxyl groups is 1. The van der Waals surface area contributed by atoms with Gasteiger partial charge in [0.1, 0.15) is 11.4 Å². The van der Waals surface area contributed by atoms with Crippen molar-refractivity contribution >= 4 is 11.5 Å². The van der Waals surface area contributed by atoms with Crippen molar-refractivity contribution in [2.75, 3.05) is 25.4 Å². The summed E-state index contributed by atoms with van der Waals surface area (Å²) in [6.07, 6.45) is 5.88. The molecule has 164 valence electrons. The number of hydrogen-bond donors (Lipinski definition) is 4. The maximum Gasteiger partial charge on any atom is 0.174 e. The van der Waals surface area contributed by atoms with Crippen LogP contribution in [0, 0.1) is 11.7 Å². The molecule has 2 aromatic heterocycles. The van der Waals surface area contributed by atoms with Crippen molar-refractivity contribution in [2.24, 2.45) is 16.6 Å². The Hall–Kier alpha value is -3.04. The van der Waals surface area contributed by atoms with E-state index < -0.39 is 12.1 Å². The predicted molar refractivity (Wildman–Crippen MR) is 119 cm³/mol. The maximum atomic E-state index is 14.4. The molecule has 2 aliphatic heterocycles. The molecular formula is C22H28FN7O. The highest BCUT2D eigenvalue weighted by Gasteiger charge is 2.26. The average Bonchev–Trinajstić information content (AvgIpc) is 2.76. The zero-order valence-electron chi connectivity index (χ0n) is 17.6. The SMILES string of the molecule is CCCN1CCC(C2=CC(c3nc(-c4ccnc(N)c4F)ccc3O)=NC(N)N2)CC1.